The monoisotopic (exact) mass is 259 g/mol. The predicted octanol–water partition coefficient (Wildman–Crippen LogP) is 3.20. The van der Waals surface area contributed by atoms with E-state index in [-0.39, 0.29) is 6.42 Å². The van der Waals surface area contributed by atoms with E-state index in [9.17, 15) is 4.79 Å². The van der Waals surface area contributed by atoms with Crippen LogP contribution < -0.4 is 4.74 Å². The Balaban J connectivity index is 2.93. The summed E-state index contributed by atoms with van der Waals surface area (Å²) in [6.07, 6.45) is 1.88. The Morgan fingerprint density at radius 3 is 2.53 bits per heavy atom. The van der Waals surface area contributed by atoms with Gasteiger partial charge in [-0.25, -0.2) is 0 Å². The average Bonchev–Trinajstić information content (AvgIpc) is 2.36. The fraction of sp³-hybridized carbons (Fsp3) is 0.333. The van der Waals surface area contributed by atoms with Crippen LogP contribution in [-0.4, -0.2) is 11.8 Å². The van der Waals surface area contributed by atoms with Crippen molar-refractivity contribution in [3.05, 3.63) is 42.0 Å². The molecule has 0 aromatic heterocycles. The molecule has 0 radical (unpaired) electrons. The molecule has 1 rings (SSSR count). The topological polar surface area (TPSA) is 59.3 Å². The number of rotatable bonds is 5. The summed E-state index contributed by atoms with van der Waals surface area (Å²) < 4.78 is 10.9. The molecule has 0 spiro atoms. The molecule has 0 fully saturated rings. The summed E-state index contributed by atoms with van der Waals surface area (Å²) in [6.45, 7) is 4.71. The van der Waals surface area contributed by atoms with Crippen molar-refractivity contribution in [2.24, 2.45) is 0 Å². The SMILES string of the molecule is CC=C(C#N)CC(C)(OC(C)=O)Oc1ccccc1. The quantitative estimate of drug-likeness (QED) is 0.463. The Kier molecular flexibility index (Phi) is 5.13. The summed E-state index contributed by atoms with van der Waals surface area (Å²) in [5, 5.41) is 8.98. The first kappa shape index (κ1) is 14.8. The Morgan fingerprint density at radius 1 is 1.42 bits per heavy atom. The summed E-state index contributed by atoms with van der Waals surface area (Å²) in [5.74, 6) is -1.06. The standard InChI is InChI=1S/C15H17NO3/c1-4-13(11-16)10-15(3,18-12(2)17)19-14-8-6-5-7-9-14/h4-9H,10H2,1-3H3. The van der Waals surface area contributed by atoms with E-state index in [4.69, 9.17) is 14.7 Å². The molecule has 0 bridgehead atoms. The van der Waals surface area contributed by atoms with Crippen LogP contribution in [0.15, 0.2) is 42.0 Å². The van der Waals surface area contributed by atoms with Crippen molar-refractivity contribution in [2.75, 3.05) is 0 Å². The highest BCUT2D eigenvalue weighted by Crippen LogP contribution is 2.25. The smallest absolute Gasteiger partial charge is 0.305 e. The van der Waals surface area contributed by atoms with E-state index in [1.165, 1.54) is 6.92 Å². The summed E-state index contributed by atoms with van der Waals surface area (Å²) in [4.78, 5) is 11.2. The highest BCUT2D eigenvalue weighted by molar-refractivity contribution is 5.66. The average molecular weight is 259 g/mol. The number of allylic oxidation sites excluding steroid dienone is 1. The molecule has 4 nitrogen and oxygen atoms in total. The van der Waals surface area contributed by atoms with Crippen LogP contribution in [0.5, 0.6) is 5.75 Å². The lowest BCUT2D eigenvalue weighted by molar-refractivity contribution is -0.188. The van der Waals surface area contributed by atoms with Gasteiger partial charge in [0.1, 0.15) is 5.75 Å². The number of nitrogens with zero attached hydrogens (tertiary/aromatic N) is 1. The number of carbonyl (C=O) groups is 1. The molecule has 0 saturated heterocycles. The zero-order valence-corrected chi connectivity index (χ0v) is 11.3. The van der Waals surface area contributed by atoms with Crippen molar-refractivity contribution in [2.45, 2.75) is 33.0 Å². The van der Waals surface area contributed by atoms with Gasteiger partial charge in [-0.2, -0.15) is 5.26 Å². The molecule has 1 atom stereocenters. The minimum Gasteiger partial charge on any atom is -0.452 e. The molecule has 19 heavy (non-hydrogen) atoms. The van der Waals surface area contributed by atoms with Gasteiger partial charge in [0.05, 0.1) is 12.5 Å². The molecule has 0 heterocycles. The molecule has 0 aliphatic carbocycles. The summed E-state index contributed by atoms with van der Waals surface area (Å²) in [5.41, 5.74) is 0.500. The van der Waals surface area contributed by atoms with E-state index in [0.717, 1.165) is 0 Å². The Bertz CT molecular complexity index is 502. The van der Waals surface area contributed by atoms with Gasteiger partial charge in [0, 0.05) is 19.4 Å². The highest BCUT2D eigenvalue weighted by atomic mass is 16.7. The lowest BCUT2D eigenvalue weighted by Gasteiger charge is -2.29. The molecular weight excluding hydrogens is 242 g/mol. The number of esters is 1. The third-order valence-electron chi connectivity index (χ3n) is 2.44. The van der Waals surface area contributed by atoms with Crippen molar-refractivity contribution in [1.82, 2.24) is 0 Å². The van der Waals surface area contributed by atoms with E-state index >= 15 is 0 Å². The van der Waals surface area contributed by atoms with Crippen molar-refractivity contribution in [3.8, 4) is 11.8 Å². The first-order chi connectivity index (χ1) is 8.99. The van der Waals surface area contributed by atoms with Gasteiger partial charge >= 0.3 is 5.97 Å². The molecular formula is C15H17NO3. The number of para-hydroxylation sites is 1. The summed E-state index contributed by atoms with van der Waals surface area (Å²) >= 11 is 0. The van der Waals surface area contributed by atoms with Gasteiger partial charge in [-0.3, -0.25) is 4.79 Å². The molecule has 1 unspecified atom stereocenters. The van der Waals surface area contributed by atoms with E-state index < -0.39 is 11.8 Å². The number of carbonyl (C=O) groups excluding carboxylic acids is 1. The summed E-state index contributed by atoms with van der Waals surface area (Å²) in [6, 6.07) is 11.1. The van der Waals surface area contributed by atoms with Gasteiger partial charge < -0.3 is 9.47 Å². The zero-order chi connectivity index (χ0) is 14.3. The van der Waals surface area contributed by atoms with Gasteiger partial charge in [0.2, 0.25) is 0 Å². The first-order valence-corrected chi connectivity index (χ1v) is 5.98. The molecule has 0 saturated carbocycles. The fourth-order valence-corrected chi connectivity index (χ4v) is 1.69. The van der Waals surface area contributed by atoms with E-state index in [1.54, 1.807) is 32.1 Å². The van der Waals surface area contributed by atoms with Crippen molar-refractivity contribution < 1.29 is 14.3 Å². The van der Waals surface area contributed by atoms with Crippen LogP contribution in [0.1, 0.15) is 27.2 Å². The molecule has 0 amide bonds. The molecule has 100 valence electrons. The van der Waals surface area contributed by atoms with Crippen LogP contribution in [0, 0.1) is 11.3 Å². The maximum absolute atomic E-state index is 11.2. The number of ether oxygens (including phenoxy) is 2. The van der Waals surface area contributed by atoms with Gasteiger partial charge in [0.15, 0.2) is 0 Å². The number of nitriles is 1. The van der Waals surface area contributed by atoms with Crippen LogP contribution in [0.3, 0.4) is 0 Å². The van der Waals surface area contributed by atoms with Gasteiger partial charge in [-0.05, 0) is 19.1 Å². The lowest BCUT2D eigenvalue weighted by atomic mass is 10.1. The van der Waals surface area contributed by atoms with E-state index in [2.05, 4.69) is 6.07 Å². The van der Waals surface area contributed by atoms with Gasteiger partial charge in [-0.1, -0.05) is 24.3 Å². The highest BCUT2D eigenvalue weighted by Gasteiger charge is 2.31. The van der Waals surface area contributed by atoms with Crippen LogP contribution in [0.4, 0.5) is 0 Å². The van der Waals surface area contributed by atoms with Crippen LogP contribution in [-0.2, 0) is 9.53 Å². The van der Waals surface area contributed by atoms with E-state index in [0.29, 0.717) is 11.3 Å². The third kappa shape index (κ3) is 4.84. The Hall–Kier alpha value is -2.28. The van der Waals surface area contributed by atoms with Crippen molar-refractivity contribution in [3.63, 3.8) is 0 Å². The minimum atomic E-state index is -1.19. The van der Waals surface area contributed by atoms with E-state index in [1.807, 2.05) is 18.2 Å². The van der Waals surface area contributed by atoms with Crippen LogP contribution in [0.25, 0.3) is 0 Å². The molecule has 1 aromatic carbocycles. The van der Waals surface area contributed by atoms with Gasteiger partial charge in [0.25, 0.3) is 5.79 Å². The molecule has 4 heteroatoms. The zero-order valence-electron chi connectivity index (χ0n) is 11.3. The molecule has 0 aliphatic rings. The van der Waals surface area contributed by atoms with Crippen molar-refractivity contribution in [1.29, 1.82) is 5.26 Å². The molecule has 0 N–H and O–H groups in total. The molecule has 0 aliphatic heterocycles. The number of hydrogen-bond donors (Lipinski definition) is 0. The molecule has 1 aromatic rings. The number of benzene rings is 1. The van der Waals surface area contributed by atoms with Gasteiger partial charge in [-0.15, -0.1) is 0 Å². The van der Waals surface area contributed by atoms with Crippen LogP contribution in [0.2, 0.25) is 0 Å². The predicted molar refractivity (Wildman–Crippen MR) is 71.2 cm³/mol. The maximum atomic E-state index is 11.2. The second-order valence-electron chi connectivity index (χ2n) is 4.25. The second-order valence-corrected chi connectivity index (χ2v) is 4.25. The third-order valence-corrected chi connectivity index (χ3v) is 2.44. The normalized spacial score (nSPS) is 14.1. The fourth-order valence-electron chi connectivity index (χ4n) is 1.69. The van der Waals surface area contributed by atoms with Crippen LogP contribution >= 0.6 is 0 Å². The summed E-state index contributed by atoms with van der Waals surface area (Å²) in [7, 11) is 0. The Morgan fingerprint density at radius 2 is 2.05 bits per heavy atom. The maximum Gasteiger partial charge on any atom is 0.305 e. The first-order valence-electron chi connectivity index (χ1n) is 5.98. The largest absolute Gasteiger partial charge is 0.452 e. The minimum absolute atomic E-state index is 0.203. The second kappa shape index (κ2) is 6.60. The number of hydrogen-bond acceptors (Lipinski definition) is 4. The van der Waals surface area contributed by atoms with Crippen molar-refractivity contribution >= 4 is 5.97 Å². The lowest BCUT2D eigenvalue weighted by Crippen LogP contribution is -2.37. The Labute approximate surface area is 113 Å².